The van der Waals surface area contributed by atoms with Gasteiger partial charge in [-0.25, -0.2) is 0 Å². The standard InChI is InChI=1S/C22H19NO4/c1-2-18(24)19-20(17-11-5-8-14-7-3-4-10-16(14)17)23(22(26)21(19)25)13-15-9-6-12-27-15/h3-12,20,25H,2,13H2,1H3. The van der Waals surface area contributed by atoms with Gasteiger partial charge in [0.25, 0.3) is 5.91 Å². The number of aliphatic hydroxyl groups is 1. The molecule has 4 rings (SSSR count). The molecule has 3 aromatic rings. The Bertz CT molecular complexity index is 1040. The van der Waals surface area contributed by atoms with Crippen molar-refractivity contribution in [1.82, 2.24) is 4.90 Å². The topological polar surface area (TPSA) is 70.8 Å². The van der Waals surface area contributed by atoms with Gasteiger partial charge in [-0.2, -0.15) is 0 Å². The number of rotatable bonds is 5. The molecule has 0 saturated heterocycles. The zero-order chi connectivity index (χ0) is 19.0. The molecule has 0 radical (unpaired) electrons. The molecule has 0 spiro atoms. The lowest BCUT2D eigenvalue weighted by atomic mass is 9.91. The molecule has 5 heteroatoms. The summed E-state index contributed by atoms with van der Waals surface area (Å²) in [5.74, 6) is -0.667. The van der Waals surface area contributed by atoms with Crippen molar-refractivity contribution in [1.29, 1.82) is 0 Å². The highest BCUT2D eigenvalue weighted by Gasteiger charge is 2.43. The highest BCUT2D eigenvalue weighted by atomic mass is 16.3. The third kappa shape index (κ3) is 2.81. The molecule has 0 bridgehead atoms. The molecule has 1 aromatic heterocycles. The molecule has 2 aromatic carbocycles. The summed E-state index contributed by atoms with van der Waals surface area (Å²) in [6.45, 7) is 1.90. The molecular weight excluding hydrogens is 342 g/mol. The largest absolute Gasteiger partial charge is 0.503 e. The Kier molecular flexibility index (Phi) is 4.28. The molecule has 1 N–H and O–H groups in total. The van der Waals surface area contributed by atoms with E-state index in [1.807, 2.05) is 42.5 Å². The van der Waals surface area contributed by atoms with Crippen LogP contribution in [-0.2, 0) is 16.1 Å². The molecule has 0 fully saturated rings. The number of hydrogen-bond donors (Lipinski definition) is 1. The van der Waals surface area contributed by atoms with Crippen LogP contribution in [-0.4, -0.2) is 21.7 Å². The Labute approximate surface area is 156 Å². The first-order chi connectivity index (χ1) is 13.1. The van der Waals surface area contributed by atoms with Gasteiger partial charge in [0, 0.05) is 6.42 Å². The molecule has 27 heavy (non-hydrogen) atoms. The summed E-state index contributed by atoms with van der Waals surface area (Å²) in [5.41, 5.74) is 0.972. The van der Waals surface area contributed by atoms with Gasteiger partial charge in [0.2, 0.25) is 0 Å². The Balaban J connectivity index is 1.90. The van der Waals surface area contributed by atoms with E-state index in [2.05, 4.69) is 0 Å². The minimum Gasteiger partial charge on any atom is -0.503 e. The zero-order valence-electron chi connectivity index (χ0n) is 14.9. The normalized spacial score (nSPS) is 17.1. The number of carbonyl (C=O) groups excluding carboxylic acids is 2. The summed E-state index contributed by atoms with van der Waals surface area (Å²) >= 11 is 0. The molecule has 136 valence electrons. The molecule has 2 heterocycles. The fraction of sp³-hybridized carbons (Fsp3) is 0.182. The maximum absolute atomic E-state index is 12.8. The smallest absolute Gasteiger partial charge is 0.290 e. The van der Waals surface area contributed by atoms with Crippen LogP contribution in [0.15, 0.2) is 76.6 Å². The van der Waals surface area contributed by atoms with Crippen LogP contribution in [0, 0.1) is 0 Å². The van der Waals surface area contributed by atoms with Crippen LogP contribution in [0.1, 0.15) is 30.7 Å². The van der Waals surface area contributed by atoms with Gasteiger partial charge >= 0.3 is 0 Å². The van der Waals surface area contributed by atoms with Gasteiger partial charge in [0.1, 0.15) is 5.76 Å². The first kappa shape index (κ1) is 17.1. The van der Waals surface area contributed by atoms with E-state index in [9.17, 15) is 14.7 Å². The number of aliphatic hydroxyl groups excluding tert-OH is 1. The predicted octanol–water partition coefficient (Wildman–Crippen LogP) is 4.31. The summed E-state index contributed by atoms with van der Waals surface area (Å²) < 4.78 is 5.39. The van der Waals surface area contributed by atoms with Crippen LogP contribution in [0.3, 0.4) is 0 Å². The second-order valence-electron chi connectivity index (χ2n) is 6.52. The van der Waals surface area contributed by atoms with E-state index in [1.165, 1.54) is 11.2 Å². The van der Waals surface area contributed by atoms with Gasteiger partial charge in [-0.3, -0.25) is 9.59 Å². The Morgan fingerprint density at radius 3 is 2.63 bits per heavy atom. The maximum atomic E-state index is 12.8. The van der Waals surface area contributed by atoms with Gasteiger partial charge in [0.15, 0.2) is 11.5 Å². The quantitative estimate of drug-likeness (QED) is 0.735. The number of Topliss-reactive ketones (excluding diaryl/α,β-unsaturated/α-hetero) is 1. The Morgan fingerprint density at radius 1 is 1.11 bits per heavy atom. The van der Waals surface area contributed by atoms with Crippen molar-refractivity contribution < 1.29 is 19.1 Å². The summed E-state index contributed by atoms with van der Waals surface area (Å²) in [5, 5.41) is 12.5. The first-order valence-corrected chi connectivity index (χ1v) is 8.89. The van der Waals surface area contributed by atoms with Crippen molar-refractivity contribution in [2.24, 2.45) is 0 Å². The van der Waals surface area contributed by atoms with E-state index in [0.717, 1.165) is 16.3 Å². The summed E-state index contributed by atoms with van der Waals surface area (Å²) in [6.07, 6.45) is 1.75. The minimum absolute atomic E-state index is 0.158. The van der Waals surface area contributed by atoms with E-state index in [1.54, 1.807) is 19.1 Å². The van der Waals surface area contributed by atoms with Crippen LogP contribution in [0.5, 0.6) is 0 Å². The summed E-state index contributed by atoms with van der Waals surface area (Å²) in [6, 6.07) is 16.5. The monoisotopic (exact) mass is 361 g/mol. The number of fused-ring (bicyclic) bond motifs is 1. The highest BCUT2D eigenvalue weighted by molar-refractivity contribution is 6.09. The average Bonchev–Trinajstić information content (AvgIpc) is 3.29. The van der Waals surface area contributed by atoms with Crippen molar-refractivity contribution >= 4 is 22.5 Å². The van der Waals surface area contributed by atoms with Crippen LogP contribution < -0.4 is 0 Å². The highest BCUT2D eigenvalue weighted by Crippen LogP contribution is 2.41. The van der Waals surface area contributed by atoms with Crippen molar-refractivity contribution in [2.75, 3.05) is 0 Å². The summed E-state index contributed by atoms with van der Waals surface area (Å²) in [4.78, 5) is 26.9. The molecule has 1 amide bonds. The molecule has 1 aliphatic heterocycles. The van der Waals surface area contributed by atoms with E-state index in [4.69, 9.17) is 4.42 Å². The molecular formula is C22H19NO4. The predicted molar refractivity (Wildman–Crippen MR) is 101 cm³/mol. The zero-order valence-corrected chi connectivity index (χ0v) is 14.9. The van der Waals surface area contributed by atoms with Gasteiger partial charge in [-0.1, -0.05) is 49.4 Å². The van der Waals surface area contributed by atoms with Crippen LogP contribution in [0.2, 0.25) is 0 Å². The SMILES string of the molecule is CCC(=O)C1=C(O)C(=O)N(Cc2ccco2)C1c1cccc2ccccc12. The second kappa shape index (κ2) is 6.76. The summed E-state index contributed by atoms with van der Waals surface area (Å²) in [7, 11) is 0. The number of carbonyl (C=O) groups is 2. The van der Waals surface area contributed by atoms with Crippen LogP contribution >= 0.6 is 0 Å². The fourth-order valence-corrected chi connectivity index (χ4v) is 3.67. The third-order valence-electron chi connectivity index (χ3n) is 4.95. The first-order valence-electron chi connectivity index (χ1n) is 8.89. The average molecular weight is 361 g/mol. The Hall–Kier alpha value is -3.34. The van der Waals surface area contributed by atoms with E-state index < -0.39 is 17.7 Å². The minimum atomic E-state index is -0.652. The molecule has 1 atom stereocenters. The van der Waals surface area contributed by atoms with Gasteiger partial charge < -0.3 is 14.4 Å². The molecule has 0 aliphatic carbocycles. The van der Waals surface area contributed by atoms with Crippen molar-refractivity contribution in [2.45, 2.75) is 25.9 Å². The third-order valence-corrected chi connectivity index (χ3v) is 4.95. The Morgan fingerprint density at radius 2 is 1.89 bits per heavy atom. The lowest BCUT2D eigenvalue weighted by Crippen LogP contribution is -2.30. The van der Waals surface area contributed by atoms with Gasteiger partial charge in [-0.15, -0.1) is 0 Å². The lowest BCUT2D eigenvalue weighted by molar-refractivity contribution is -0.130. The van der Waals surface area contributed by atoms with Crippen molar-refractivity contribution in [3.8, 4) is 0 Å². The maximum Gasteiger partial charge on any atom is 0.290 e. The second-order valence-corrected chi connectivity index (χ2v) is 6.52. The number of benzene rings is 2. The number of hydrogen-bond acceptors (Lipinski definition) is 4. The number of amides is 1. The fourth-order valence-electron chi connectivity index (χ4n) is 3.67. The molecule has 5 nitrogen and oxygen atoms in total. The molecule has 1 aliphatic rings. The lowest BCUT2D eigenvalue weighted by Gasteiger charge is -2.27. The van der Waals surface area contributed by atoms with E-state index in [0.29, 0.717) is 5.76 Å². The van der Waals surface area contributed by atoms with Crippen molar-refractivity contribution in [3.05, 3.63) is 83.5 Å². The van der Waals surface area contributed by atoms with Crippen LogP contribution in [0.25, 0.3) is 10.8 Å². The van der Waals surface area contributed by atoms with Gasteiger partial charge in [0.05, 0.1) is 24.4 Å². The number of ketones is 1. The number of furan rings is 1. The van der Waals surface area contributed by atoms with Gasteiger partial charge in [-0.05, 0) is 28.5 Å². The van der Waals surface area contributed by atoms with Crippen LogP contribution in [0.4, 0.5) is 0 Å². The van der Waals surface area contributed by atoms with Crippen molar-refractivity contribution in [3.63, 3.8) is 0 Å². The number of nitrogens with zero attached hydrogens (tertiary/aromatic N) is 1. The molecule has 1 unspecified atom stereocenters. The van der Waals surface area contributed by atoms with E-state index in [-0.39, 0.29) is 24.3 Å². The van der Waals surface area contributed by atoms with E-state index >= 15 is 0 Å². The molecule has 0 saturated carbocycles.